The van der Waals surface area contributed by atoms with Gasteiger partial charge >= 0.3 is 0 Å². The third-order valence-corrected chi connectivity index (χ3v) is 4.17. The minimum atomic E-state index is -0.0310. The van der Waals surface area contributed by atoms with Crippen LogP contribution >= 0.6 is 0 Å². The fourth-order valence-corrected chi connectivity index (χ4v) is 2.79. The topological polar surface area (TPSA) is 46.3 Å². The fourth-order valence-electron chi connectivity index (χ4n) is 2.79. The van der Waals surface area contributed by atoms with Gasteiger partial charge in [0, 0.05) is 19.1 Å². The Balaban J connectivity index is 2.21. The number of carbonyl (C=O) groups excluding carboxylic acids is 1. The lowest BCUT2D eigenvalue weighted by atomic mass is 9.84. The number of hydrogen-bond acceptors (Lipinski definition) is 2. The van der Waals surface area contributed by atoms with Gasteiger partial charge in [-0.05, 0) is 17.9 Å². The minimum absolute atomic E-state index is 0.0310. The summed E-state index contributed by atoms with van der Waals surface area (Å²) in [7, 11) is 0. The molecule has 3 nitrogen and oxygen atoms in total. The van der Waals surface area contributed by atoms with Gasteiger partial charge in [-0.15, -0.1) is 0 Å². The van der Waals surface area contributed by atoms with Crippen LogP contribution in [0.4, 0.5) is 0 Å². The summed E-state index contributed by atoms with van der Waals surface area (Å²) >= 11 is 0. The number of rotatable bonds is 4. The molecule has 19 heavy (non-hydrogen) atoms. The predicted octanol–water partition coefficient (Wildman–Crippen LogP) is 2.38. The highest BCUT2D eigenvalue weighted by Crippen LogP contribution is 2.30. The normalized spacial score (nSPS) is 22.3. The first-order valence-electron chi connectivity index (χ1n) is 7.22. The van der Waals surface area contributed by atoms with Gasteiger partial charge in [-0.2, -0.15) is 0 Å². The summed E-state index contributed by atoms with van der Waals surface area (Å²) < 4.78 is 0. The zero-order valence-corrected chi connectivity index (χ0v) is 11.9. The fraction of sp³-hybridized carbons (Fsp3) is 0.562. The van der Waals surface area contributed by atoms with Crippen molar-refractivity contribution in [1.82, 2.24) is 4.90 Å². The number of amides is 1. The van der Waals surface area contributed by atoms with Crippen molar-refractivity contribution in [1.29, 1.82) is 0 Å². The molecule has 3 atom stereocenters. The molecule has 0 spiro atoms. The van der Waals surface area contributed by atoms with Gasteiger partial charge in [-0.1, -0.05) is 50.6 Å². The lowest BCUT2D eigenvalue weighted by Gasteiger charge is -2.27. The highest BCUT2D eigenvalue weighted by atomic mass is 16.2. The average Bonchev–Trinajstić information content (AvgIpc) is 2.86. The van der Waals surface area contributed by atoms with E-state index in [1.165, 1.54) is 0 Å². The van der Waals surface area contributed by atoms with Crippen LogP contribution in [0, 0.1) is 5.92 Å². The molecular weight excluding hydrogens is 236 g/mol. The van der Waals surface area contributed by atoms with Crippen LogP contribution in [0.3, 0.4) is 0 Å². The first-order valence-corrected chi connectivity index (χ1v) is 7.22. The standard InChI is InChI=1S/C16H24N2O/c1-3-12(2)15(13-7-5-4-6-8-13)16(19)18-10-9-14(17)11-18/h4-8,12,14-15H,3,9-11,17H2,1-2H3/t12?,14-,15?/m0/s1. The van der Waals surface area contributed by atoms with Crippen molar-refractivity contribution >= 4 is 5.91 Å². The third kappa shape index (κ3) is 3.16. The van der Waals surface area contributed by atoms with Crippen molar-refractivity contribution in [2.45, 2.75) is 38.6 Å². The van der Waals surface area contributed by atoms with Crippen LogP contribution in [0.1, 0.15) is 38.2 Å². The Morgan fingerprint density at radius 3 is 2.63 bits per heavy atom. The summed E-state index contributed by atoms with van der Waals surface area (Å²) in [5.74, 6) is 0.566. The van der Waals surface area contributed by atoms with Crippen molar-refractivity contribution in [3.8, 4) is 0 Å². The zero-order valence-electron chi connectivity index (χ0n) is 11.9. The molecule has 0 aliphatic carbocycles. The molecule has 3 heteroatoms. The molecule has 1 aliphatic rings. The van der Waals surface area contributed by atoms with Gasteiger partial charge in [-0.3, -0.25) is 4.79 Å². The van der Waals surface area contributed by atoms with Crippen LogP contribution in [0.5, 0.6) is 0 Å². The second kappa shape index (κ2) is 6.20. The Morgan fingerprint density at radius 2 is 2.11 bits per heavy atom. The molecule has 104 valence electrons. The van der Waals surface area contributed by atoms with E-state index in [2.05, 4.69) is 26.0 Å². The van der Waals surface area contributed by atoms with Gasteiger partial charge in [0.1, 0.15) is 0 Å². The summed E-state index contributed by atoms with van der Waals surface area (Å²) in [6, 6.07) is 10.3. The molecule has 0 saturated carbocycles. The molecule has 2 rings (SSSR count). The molecule has 1 heterocycles. The Hall–Kier alpha value is -1.35. The smallest absolute Gasteiger partial charge is 0.230 e. The SMILES string of the molecule is CCC(C)C(C(=O)N1CC[C@H](N)C1)c1ccccc1. The average molecular weight is 260 g/mol. The minimum Gasteiger partial charge on any atom is -0.341 e. The number of likely N-dealkylation sites (tertiary alicyclic amines) is 1. The van der Waals surface area contributed by atoms with Crippen LogP contribution in [-0.2, 0) is 4.79 Å². The molecule has 1 aromatic rings. The summed E-state index contributed by atoms with van der Waals surface area (Å²) in [4.78, 5) is 14.7. The van der Waals surface area contributed by atoms with Gasteiger partial charge in [0.25, 0.3) is 0 Å². The molecular formula is C16H24N2O. The van der Waals surface area contributed by atoms with Crippen LogP contribution in [0.2, 0.25) is 0 Å². The van der Waals surface area contributed by atoms with Gasteiger partial charge in [0.15, 0.2) is 0 Å². The van der Waals surface area contributed by atoms with E-state index in [0.717, 1.165) is 24.9 Å². The summed E-state index contributed by atoms with van der Waals surface area (Å²) in [6.45, 7) is 5.81. The van der Waals surface area contributed by atoms with Gasteiger partial charge in [-0.25, -0.2) is 0 Å². The van der Waals surface area contributed by atoms with Crippen LogP contribution in [0.15, 0.2) is 30.3 Å². The summed E-state index contributed by atoms with van der Waals surface area (Å²) in [6.07, 6.45) is 1.93. The summed E-state index contributed by atoms with van der Waals surface area (Å²) in [5.41, 5.74) is 7.04. The van der Waals surface area contributed by atoms with Crippen molar-refractivity contribution < 1.29 is 4.79 Å². The lowest BCUT2D eigenvalue weighted by molar-refractivity contribution is -0.133. The second-order valence-electron chi connectivity index (χ2n) is 5.61. The number of carbonyl (C=O) groups is 1. The molecule has 1 aliphatic heterocycles. The highest BCUT2D eigenvalue weighted by Gasteiger charge is 2.32. The van der Waals surface area contributed by atoms with Crippen molar-refractivity contribution in [2.24, 2.45) is 11.7 Å². The Bertz CT molecular complexity index is 418. The largest absolute Gasteiger partial charge is 0.341 e. The van der Waals surface area contributed by atoms with Crippen LogP contribution in [-0.4, -0.2) is 29.9 Å². The van der Waals surface area contributed by atoms with E-state index >= 15 is 0 Å². The maximum atomic E-state index is 12.8. The number of hydrogen-bond donors (Lipinski definition) is 1. The maximum Gasteiger partial charge on any atom is 0.230 e. The molecule has 2 unspecified atom stereocenters. The molecule has 0 radical (unpaired) electrons. The van der Waals surface area contributed by atoms with Crippen LogP contribution < -0.4 is 5.73 Å². The molecule has 2 N–H and O–H groups in total. The molecule has 1 aromatic carbocycles. The maximum absolute atomic E-state index is 12.8. The number of nitrogens with two attached hydrogens (primary N) is 1. The van der Waals surface area contributed by atoms with Crippen molar-refractivity contribution in [3.63, 3.8) is 0 Å². The molecule has 1 saturated heterocycles. The van der Waals surface area contributed by atoms with Gasteiger partial charge in [0.05, 0.1) is 5.92 Å². The van der Waals surface area contributed by atoms with Crippen LogP contribution in [0.25, 0.3) is 0 Å². The van der Waals surface area contributed by atoms with Gasteiger partial charge < -0.3 is 10.6 Å². The third-order valence-electron chi connectivity index (χ3n) is 4.17. The highest BCUT2D eigenvalue weighted by molar-refractivity contribution is 5.84. The Labute approximate surface area is 115 Å². The van der Waals surface area contributed by atoms with Crippen molar-refractivity contribution in [3.05, 3.63) is 35.9 Å². The lowest BCUT2D eigenvalue weighted by Crippen LogP contribution is -2.37. The predicted molar refractivity (Wildman–Crippen MR) is 77.8 cm³/mol. The zero-order chi connectivity index (χ0) is 13.8. The van der Waals surface area contributed by atoms with Gasteiger partial charge in [0.2, 0.25) is 5.91 Å². The van der Waals surface area contributed by atoms with Crippen molar-refractivity contribution in [2.75, 3.05) is 13.1 Å². The first kappa shape index (κ1) is 14.1. The van der Waals surface area contributed by atoms with E-state index in [4.69, 9.17) is 5.73 Å². The molecule has 0 bridgehead atoms. The monoisotopic (exact) mass is 260 g/mol. The Kier molecular flexibility index (Phi) is 4.59. The van der Waals surface area contributed by atoms with E-state index in [9.17, 15) is 4.79 Å². The van der Waals surface area contributed by atoms with E-state index < -0.39 is 0 Å². The van der Waals surface area contributed by atoms with E-state index in [1.54, 1.807) is 0 Å². The van der Waals surface area contributed by atoms with E-state index in [0.29, 0.717) is 12.5 Å². The Morgan fingerprint density at radius 1 is 1.42 bits per heavy atom. The molecule has 1 amide bonds. The second-order valence-corrected chi connectivity index (χ2v) is 5.61. The van der Waals surface area contributed by atoms with E-state index in [1.807, 2.05) is 23.1 Å². The number of nitrogens with zero attached hydrogens (tertiary/aromatic N) is 1. The number of benzene rings is 1. The molecule has 1 fully saturated rings. The van der Waals surface area contributed by atoms with E-state index in [-0.39, 0.29) is 17.9 Å². The molecule has 0 aromatic heterocycles. The quantitative estimate of drug-likeness (QED) is 0.903. The first-order chi connectivity index (χ1) is 9.13. The summed E-state index contributed by atoms with van der Waals surface area (Å²) in [5, 5.41) is 0.